The van der Waals surface area contributed by atoms with Crippen molar-refractivity contribution in [2.45, 2.75) is 55.1 Å². The summed E-state index contributed by atoms with van der Waals surface area (Å²) >= 11 is 1.72. The molecule has 114 valence electrons. The highest BCUT2D eigenvalue weighted by Crippen LogP contribution is 2.40. The maximum atomic E-state index is 12.2. The van der Waals surface area contributed by atoms with Crippen LogP contribution in [0.4, 0.5) is 0 Å². The highest BCUT2D eigenvalue weighted by Gasteiger charge is 2.42. The summed E-state index contributed by atoms with van der Waals surface area (Å²) in [7, 11) is 0. The van der Waals surface area contributed by atoms with Gasteiger partial charge in [0.15, 0.2) is 0 Å². The Hall–Kier alpha value is -1.00. The SMILES string of the molecule is CSc1ccc(CC(=O)N[C@@H]2COC3(CCCC3)C2)cc1. The molecule has 0 aromatic heterocycles. The van der Waals surface area contributed by atoms with E-state index < -0.39 is 0 Å². The van der Waals surface area contributed by atoms with E-state index in [2.05, 4.69) is 23.7 Å². The number of thioether (sulfide) groups is 1. The third kappa shape index (κ3) is 3.61. The van der Waals surface area contributed by atoms with E-state index in [-0.39, 0.29) is 17.6 Å². The van der Waals surface area contributed by atoms with Gasteiger partial charge in [-0.25, -0.2) is 0 Å². The van der Waals surface area contributed by atoms with Crippen LogP contribution in [0, 0.1) is 0 Å². The molecule has 3 nitrogen and oxygen atoms in total. The molecule has 1 amide bonds. The summed E-state index contributed by atoms with van der Waals surface area (Å²) in [5.41, 5.74) is 1.15. The zero-order chi connectivity index (χ0) is 14.7. The van der Waals surface area contributed by atoms with E-state index in [1.807, 2.05) is 12.1 Å². The van der Waals surface area contributed by atoms with Crippen LogP contribution in [0.1, 0.15) is 37.7 Å². The average Bonchev–Trinajstić information content (AvgIpc) is 3.10. The first-order chi connectivity index (χ1) is 10.2. The first-order valence-corrected chi connectivity index (χ1v) is 8.98. The molecule has 0 unspecified atom stereocenters. The summed E-state index contributed by atoms with van der Waals surface area (Å²) in [6.07, 6.45) is 8.36. The minimum atomic E-state index is 0.0813. The molecule has 3 rings (SSSR count). The molecule has 0 radical (unpaired) electrons. The molecule has 4 heteroatoms. The lowest BCUT2D eigenvalue weighted by molar-refractivity contribution is -0.121. The normalized spacial score (nSPS) is 23.6. The monoisotopic (exact) mass is 305 g/mol. The van der Waals surface area contributed by atoms with Crippen molar-refractivity contribution >= 4 is 17.7 Å². The fourth-order valence-electron chi connectivity index (χ4n) is 3.51. The Labute approximate surface area is 130 Å². The van der Waals surface area contributed by atoms with Crippen molar-refractivity contribution in [1.29, 1.82) is 0 Å². The second-order valence-corrected chi connectivity index (χ2v) is 7.07. The van der Waals surface area contributed by atoms with Gasteiger partial charge in [-0.2, -0.15) is 0 Å². The van der Waals surface area contributed by atoms with Gasteiger partial charge in [-0.15, -0.1) is 11.8 Å². The molecule has 1 aromatic carbocycles. The van der Waals surface area contributed by atoms with E-state index in [1.165, 1.54) is 17.7 Å². The first-order valence-electron chi connectivity index (χ1n) is 7.75. The van der Waals surface area contributed by atoms with Crippen LogP contribution in [0.25, 0.3) is 0 Å². The minimum Gasteiger partial charge on any atom is -0.373 e. The number of nitrogens with one attached hydrogen (secondary N) is 1. The predicted octanol–water partition coefficient (Wildman–Crippen LogP) is 3.17. The molecule has 1 spiro atoms. The quantitative estimate of drug-likeness (QED) is 0.868. The predicted molar refractivity (Wildman–Crippen MR) is 85.6 cm³/mol. The van der Waals surface area contributed by atoms with E-state index >= 15 is 0 Å². The first kappa shape index (κ1) is 14.9. The van der Waals surface area contributed by atoms with Gasteiger partial charge in [0.2, 0.25) is 5.91 Å². The van der Waals surface area contributed by atoms with Crippen molar-refractivity contribution in [2.75, 3.05) is 12.9 Å². The van der Waals surface area contributed by atoms with Crippen LogP contribution in [0.5, 0.6) is 0 Å². The number of carbonyl (C=O) groups excluding carboxylic acids is 1. The van der Waals surface area contributed by atoms with Crippen molar-refractivity contribution in [1.82, 2.24) is 5.32 Å². The van der Waals surface area contributed by atoms with Crippen LogP contribution < -0.4 is 5.32 Å². The molecule has 1 atom stereocenters. The molecule has 1 saturated carbocycles. The zero-order valence-corrected chi connectivity index (χ0v) is 13.4. The largest absolute Gasteiger partial charge is 0.373 e. The molecule has 1 N–H and O–H groups in total. The second kappa shape index (κ2) is 6.41. The van der Waals surface area contributed by atoms with Gasteiger partial charge in [0.05, 0.1) is 24.7 Å². The maximum absolute atomic E-state index is 12.2. The van der Waals surface area contributed by atoms with Crippen LogP contribution >= 0.6 is 11.8 Å². The van der Waals surface area contributed by atoms with Crippen molar-refractivity contribution in [2.24, 2.45) is 0 Å². The van der Waals surface area contributed by atoms with Crippen LogP contribution in [0.3, 0.4) is 0 Å². The molecule has 1 aromatic rings. The zero-order valence-electron chi connectivity index (χ0n) is 12.6. The second-order valence-electron chi connectivity index (χ2n) is 6.19. The number of amides is 1. The summed E-state index contributed by atoms with van der Waals surface area (Å²) in [5, 5.41) is 3.14. The van der Waals surface area contributed by atoms with Gasteiger partial charge in [0.1, 0.15) is 0 Å². The number of hydrogen-bond acceptors (Lipinski definition) is 3. The summed E-state index contributed by atoms with van der Waals surface area (Å²) < 4.78 is 5.98. The lowest BCUT2D eigenvalue weighted by Crippen LogP contribution is -2.37. The number of rotatable bonds is 4. The van der Waals surface area contributed by atoms with Crippen LogP contribution in [-0.2, 0) is 16.0 Å². The summed E-state index contributed by atoms with van der Waals surface area (Å²) in [4.78, 5) is 13.4. The lowest BCUT2D eigenvalue weighted by Gasteiger charge is -2.21. The van der Waals surface area contributed by atoms with Gasteiger partial charge in [-0.3, -0.25) is 4.79 Å². The Bertz CT molecular complexity index is 494. The molecule has 2 aliphatic rings. The Morgan fingerprint density at radius 3 is 2.71 bits per heavy atom. The summed E-state index contributed by atoms with van der Waals surface area (Å²) in [5.74, 6) is 0.107. The highest BCUT2D eigenvalue weighted by molar-refractivity contribution is 7.98. The highest BCUT2D eigenvalue weighted by atomic mass is 32.2. The van der Waals surface area contributed by atoms with Gasteiger partial charge >= 0.3 is 0 Å². The smallest absolute Gasteiger partial charge is 0.224 e. The topological polar surface area (TPSA) is 38.3 Å². The fraction of sp³-hybridized carbons (Fsp3) is 0.588. The van der Waals surface area contributed by atoms with Crippen LogP contribution in [0.2, 0.25) is 0 Å². The molecule has 1 aliphatic heterocycles. The Morgan fingerprint density at radius 2 is 2.05 bits per heavy atom. The molecule has 1 heterocycles. The fourth-order valence-corrected chi connectivity index (χ4v) is 3.92. The van der Waals surface area contributed by atoms with E-state index in [9.17, 15) is 4.79 Å². The van der Waals surface area contributed by atoms with E-state index in [4.69, 9.17) is 4.74 Å². The van der Waals surface area contributed by atoms with Gasteiger partial charge in [0, 0.05) is 4.90 Å². The average molecular weight is 305 g/mol. The van der Waals surface area contributed by atoms with Crippen LogP contribution in [0.15, 0.2) is 29.2 Å². The Balaban J connectivity index is 1.50. The van der Waals surface area contributed by atoms with E-state index in [0.29, 0.717) is 13.0 Å². The standard InChI is InChI=1S/C17H23NO2S/c1-21-15-6-4-13(5-7-15)10-16(19)18-14-11-17(20-12-14)8-2-3-9-17/h4-7,14H,2-3,8-12H2,1H3,(H,18,19)/t14-/m0/s1. The minimum absolute atomic E-state index is 0.0813. The van der Waals surface area contributed by atoms with Gasteiger partial charge in [-0.05, 0) is 43.2 Å². The van der Waals surface area contributed by atoms with Crippen molar-refractivity contribution in [3.05, 3.63) is 29.8 Å². The molecule has 0 bridgehead atoms. The molecular weight excluding hydrogens is 282 g/mol. The van der Waals surface area contributed by atoms with Crippen LogP contribution in [-0.4, -0.2) is 30.4 Å². The molecule has 1 saturated heterocycles. The number of ether oxygens (including phenoxy) is 1. The molecule has 2 fully saturated rings. The molecule has 21 heavy (non-hydrogen) atoms. The van der Waals surface area contributed by atoms with Gasteiger partial charge < -0.3 is 10.1 Å². The number of hydrogen-bond donors (Lipinski definition) is 1. The lowest BCUT2D eigenvalue weighted by atomic mass is 9.96. The molecule has 1 aliphatic carbocycles. The van der Waals surface area contributed by atoms with Gasteiger partial charge in [-0.1, -0.05) is 25.0 Å². The van der Waals surface area contributed by atoms with Crippen molar-refractivity contribution < 1.29 is 9.53 Å². The summed E-state index contributed by atoms with van der Waals surface area (Å²) in [6.45, 7) is 0.678. The van der Waals surface area contributed by atoms with Crippen molar-refractivity contribution in [3.63, 3.8) is 0 Å². The Morgan fingerprint density at radius 1 is 1.33 bits per heavy atom. The maximum Gasteiger partial charge on any atom is 0.224 e. The van der Waals surface area contributed by atoms with Gasteiger partial charge in [0.25, 0.3) is 0 Å². The molecular formula is C17H23NO2S. The Kier molecular flexibility index (Phi) is 4.55. The third-order valence-electron chi connectivity index (χ3n) is 4.61. The number of benzene rings is 1. The van der Waals surface area contributed by atoms with Crippen molar-refractivity contribution in [3.8, 4) is 0 Å². The van der Waals surface area contributed by atoms with E-state index in [1.54, 1.807) is 11.8 Å². The number of carbonyl (C=O) groups is 1. The summed E-state index contributed by atoms with van der Waals surface area (Å²) in [6, 6.07) is 8.41. The van der Waals surface area contributed by atoms with E-state index in [0.717, 1.165) is 24.8 Å². The third-order valence-corrected chi connectivity index (χ3v) is 5.36.